The number of morpholine rings is 1. The molecule has 2 aliphatic rings. The zero-order valence-corrected chi connectivity index (χ0v) is 21.4. The minimum atomic E-state index is 0.0695. The summed E-state index contributed by atoms with van der Waals surface area (Å²) in [5.41, 5.74) is 6.19. The third-order valence-electron chi connectivity index (χ3n) is 7.24. The zero-order valence-electron chi connectivity index (χ0n) is 21.4. The smallest absolute Gasteiger partial charge is 0.137 e. The summed E-state index contributed by atoms with van der Waals surface area (Å²) in [5, 5.41) is 10.8. The normalized spacial score (nSPS) is 16.4. The molecule has 2 saturated heterocycles. The number of pyridine rings is 1. The Balaban J connectivity index is 1.33. The van der Waals surface area contributed by atoms with Gasteiger partial charge in [-0.05, 0) is 42.5 Å². The van der Waals surface area contributed by atoms with Crippen molar-refractivity contribution in [2.24, 2.45) is 0 Å². The predicted molar refractivity (Wildman–Crippen MR) is 146 cm³/mol. The molecule has 1 N–H and O–H groups in total. The number of fused-ring (bicyclic) bond motifs is 1. The van der Waals surface area contributed by atoms with Crippen molar-refractivity contribution < 1.29 is 18.9 Å². The van der Waals surface area contributed by atoms with Crippen molar-refractivity contribution in [1.29, 1.82) is 5.26 Å². The van der Waals surface area contributed by atoms with Crippen LogP contribution in [0.1, 0.15) is 18.4 Å². The molecule has 0 atom stereocenters. The van der Waals surface area contributed by atoms with Gasteiger partial charge < -0.3 is 28.8 Å². The number of H-pyrrole nitrogens is 1. The van der Waals surface area contributed by atoms with Crippen molar-refractivity contribution in [2.45, 2.75) is 18.9 Å². The Morgan fingerprint density at radius 2 is 1.79 bits per heavy atom. The molecule has 6 rings (SSSR count). The molecule has 0 radical (unpaired) electrons. The molecule has 2 aromatic heterocycles. The van der Waals surface area contributed by atoms with E-state index in [-0.39, 0.29) is 6.10 Å². The number of hydrogen-bond acceptors (Lipinski definition) is 7. The van der Waals surface area contributed by atoms with Gasteiger partial charge >= 0.3 is 0 Å². The maximum Gasteiger partial charge on any atom is 0.137 e. The fourth-order valence-electron chi connectivity index (χ4n) is 5.19. The molecule has 0 aliphatic carbocycles. The van der Waals surface area contributed by atoms with Crippen LogP contribution in [0.5, 0.6) is 11.5 Å². The number of benzene rings is 2. The second-order valence-electron chi connectivity index (χ2n) is 9.54. The first-order chi connectivity index (χ1) is 18.7. The van der Waals surface area contributed by atoms with Crippen LogP contribution in [0.3, 0.4) is 0 Å². The third-order valence-corrected chi connectivity index (χ3v) is 7.24. The Kier molecular flexibility index (Phi) is 6.86. The average Bonchev–Trinajstić information content (AvgIpc) is 3.42. The molecule has 8 nitrogen and oxygen atoms in total. The van der Waals surface area contributed by atoms with Gasteiger partial charge in [0.25, 0.3) is 0 Å². The summed E-state index contributed by atoms with van der Waals surface area (Å²) in [7, 11) is 1.70. The molecule has 8 heteroatoms. The minimum absolute atomic E-state index is 0.0695. The second kappa shape index (κ2) is 10.7. The van der Waals surface area contributed by atoms with Crippen LogP contribution >= 0.6 is 0 Å². The number of hydrogen-bond donors (Lipinski definition) is 1. The number of aromatic amines is 1. The van der Waals surface area contributed by atoms with Crippen molar-refractivity contribution in [1.82, 2.24) is 9.97 Å². The minimum Gasteiger partial charge on any atom is -0.496 e. The molecule has 194 valence electrons. The van der Waals surface area contributed by atoms with Crippen LogP contribution in [0.15, 0.2) is 54.7 Å². The lowest BCUT2D eigenvalue weighted by Gasteiger charge is -2.29. The summed E-state index contributed by atoms with van der Waals surface area (Å²) in [6.07, 6.45) is 3.52. The molecular weight excluding hydrogens is 480 g/mol. The second-order valence-corrected chi connectivity index (χ2v) is 9.54. The largest absolute Gasteiger partial charge is 0.496 e. The van der Waals surface area contributed by atoms with Crippen molar-refractivity contribution in [3.63, 3.8) is 0 Å². The van der Waals surface area contributed by atoms with Gasteiger partial charge in [-0.1, -0.05) is 0 Å². The van der Waals surface area contributed by atoms with E-state index in [4.69, 9.17) is 18.9 Å². The first kappa shape index (κ1) is 24.3. The monoisotopic (exact) mass is 510 g/mol. The summed E-state index contributed by atoms with van der Waals surface area (Å²) in [4.78, 5) is 10.5. The molecule has 0 unspecified atom stereocenters. The molecule has 2 aromatic carbocycles. The van der Waals surface area contributed by atoms with E-state index in [0.29, 0.717) is 24.5 Å². The van der Waals surface area contributed by atoms with E-state index < -0.39 is 0 Å². The van der Waals surface area contributed by atoms with Crippen molar-refractivity contribution >= 4 is 16.6 Å². The highest BCUT2D eigenvalue weighted by atomic mass is 16.5. The van der Waals surface area contributed by atoms with Crippen LogP contribution in [0.2, 0.25) is 0 Å². The van der Waals surface area contributed by atoms with Gasteiger partial charge in [-0.25, -0.2) is 0 Å². The van der Waals surface area contributed by atoms with Gasteiger partial charge in [0.15, 0.2) is 0 Å². The van der Waals surface area contributed by atoms with E-state index in [9.17, 15) is 5.26 Å². The lowest BCUT2D eigenvalue weighted by molar-refractivity contribution is 0.0254. The van der Waals surface area contributed by atoms with E-state index in [0.717, 1.165) is 84.0 Å². The summed E-state index contributed by atoms with van der Waals surface area (Å²) >= 11 is 0. The quantitative estimate of drug-likeness (QED) is 0.382. The SMILES string of the molecule is COc1cc(N2CCOCC2)ccc1-c1cc2c(-c3ccc(OC4CCOCC4)c(C#N)c3)nccc2[nH]1. The van der Waals surface area contributed by atoms with E-state index in [1.165, 1.54) is 0 Å². The number of anilines is 1. The van der Waals surface area contributed by atoms with E-state index in [2.05, 4.69) is 45.2 Å². The summed E-state index contributed by atoms with van der Waals surface area (Å²) in [6, 6.07) is 18.4. The zero-order chi connectivity index (χ0) is 25.9. The van der Waals surface area contributed by atoms with Crippen LogP contribution < -0.4 is 14.4 Å². The van der Waals surface area contributed by atoms with Gasteiger partial charge in [0.1, 0.15) is 23.7 Å². The van der Waals surface area contributed by atoms with Crippen molar-refractivity contribution in [2.75, 3.05) is 51.5 Å². The highest BCUT2D eigenvalue weighted by molar-refractivity contribution is 5.97. The Morgan fingerprint density at radius 1 is 0.974 bits per heavy atom. The highest BCUT2D eigenvalue weighted by Gasteiger charge is 2.19. The molecular formula is C30H30N4O4. The van der Waals surface area contributed by atoms with Gasteiger partial charge in [0.2, 0.25) is 0 Å². The van der Waals surface area contributed by atoms with E-state index in [1.54, 1.807) is 13.3 Å². The number of nitrogens with zero attached hydrogens (tertiary/aromatic N) is 3. The molecule has 38 heavy (non-hydrogen) atoms. The Hall–Kier alpha value is -4.06. The molecule has 0 spiro atoms. The fourth-order valence-corrected chi connectivity index (χ4v) is 5.19. The molecule has 0 bridgehead atoms. The van der Waals surface area contributed by atoms with Gasteiger partial charge in [-0.3, -0.25) is 4.98 Å². The first-order valence-corrected chi connectivity index (χ1v) is 13.0. The van der Waals surface area contributed by atoms with Crippen LogP contribution in [-0.2, 0) is 9.47 Å². The fraction of sp³-hybridized carbons (Fsp3) is 0.333. The van der Waals surface area contributed by atoms with Gasteiger partial charge in [-0.2, -0.15) is 5.26 Å². The lowest BCUT2D eigenvalue weighted by Crippen LogP contribution is -2.36. The van der Waals surface area contributed by atoms with Gasteiger partial charge in [0, 0.05) is 65.9 Å². The number of rotatable bonds is 6. The lowest BCUT2D eigenvalue weighted by atomic mass is 10.0. The molecule has 4 aromatic rings. The highest BCUT2D eigenvalue weighted by Crippen LogP contribution is 2.37. The van der Waals surface area contributed by atoms with Crippen molar-refractivity contribution in [3.05, 3.63) is 60.3 Å². The molecule has 0 amide bonds. The van der Waals surface area contributed by atoms with E-state index in [1.807, 2.05) is 24.3 Å². The molecule has 2 aliphatic heterocycles. The number of nitrogens with one attached hydrogen (secondary N) is 1. The maximum atomic E-state index is 9.85. The molecule has 2 fully saturated rings. The topological polar surface area (TPSA) is 92.6 Å². The van der Waals surface area contributed by atoms with E-state index >= 15 is 0 Å². The third kappa shape index (κ3) is 4.78. The maximum absolute atomic E-state index is 9.85. The number of nitriles is 1. The molecule has 0 saturated carbocycles. The Labute approximate surface area is 221 Å². The van der Waals surface area contributed by atoms with Crippen molar-refractivity contribution in [3.8, 4) is 40.1 Å². The first-order valence-electron chi connectivity index (χ1n) is 13.0. The Bertz CT molecular complexity index is 1480. The van der Waals surface area contributed by atoms with Gasteiger partial charge in [-0.15, -0.1) is 0 Å². The van der Waals surface area contributed by atoms with Crippen LogP contribution in [0.4, 0.5) is 5.69 Å². The summed E-state index contributed by atoms with van der Waals surface area (Å²) < 4.78 is 22.9. The number of ether oxygens (including phenoxy) is 4. The number of aromatic nitrogens is 2. The average molecular weight is 511 g/mol. The van der Waals surface area contributed by atoms with Crippen LogP contribution in [-0.4, -0.2) is 62.7 Å². The predicted octanol–water partition coefficient (Wildman–Crippen LogP) is 5.17. The Morgan fingerprint density at radius 3 is 2.58 bits per heavy atom. The van der Waals surface area contributed by atoms with Gasteiger partial charge in [0.05, 0.1) is 50.5 Å². The number of methoxy groups -OCH3 is 1. The standard InChI is InChI=1S/C30H30N4O4/c1-35-29-17-22(34-10-14-37-15-11-34)3-4-24(29)27-18-25-26(33-27)6-9-32-30(25)20-2-5-28(21(16-20)19-31)38-23-7-12-36-13-8-23/h2-6,9,16-18,23,33H,7-8,10-15H2,1H3. The van der Waals surface area contributed by atoms with Crippen LogP contribution in [0.25, 0.3) is 33.4 Å². The summed E-state index contributed by atoms with van der Waals surface area (Å²) in [5.74, 6) is 1.41. The van der Waals surface area contributed by atoms with Crippen LogP contribution in [0, 0.1) is 11.3 Å². The summed E-state index contributed by atoms with van der Waals surface area (Å²) in [6.45, 7) is 4.58. The molecule has 4 heterocycles.